The van der Waals surface area contributed by atoms with Crippen molar-refractivity contribution in [2.24, 2.45) is 0 Å². The van der Waals surface area contributed by atoms with E-state index in [0.29, 0.717) is 4.96 Å². The van der Waals surface area contributed by atoms with Crippen LogP contribution < -0.4 is 5.56 Å². The SMILES string of the molecule is Cc1cn2c(=O)c(C(=O)N(C)CC(C)(C)O)cnc2s1. The molecule has 2 aromatic heterocycles. The Morgan fingerprint density at radius 3 is 2.80 bits per heavy atom. The predicted molar refractivity (Wildman–Crippen MR) is 77.3 cm³/mol. The number of fused-ring (bicyclic) bond motifs is 1. The minimum atomic E-state index is -1.02. The molecular weight excluding hydrogens is 278 g/mol. The molecule has 0 aliphatic heterocycles. The van der Waals surface area contributed by atoms with E-state index < -0.39 is 11.5 Å². The van der Waals surface area contributed by atoms with Gasteiger partial charge in [0.25, 0.3) is 11.5 Å². The monoisotopic (exact) mass is 295 g/mol. The number of hydrogen-bond acceptors (Lipinski definition) is 5. The zero-order chi connectivity index (χ0) is 15.1. The van der Waals surface area contributed by atoms with E-state index in [1.165, 1.54) is 26.8 Å². The zero-order valence-corrected chi connectivity index (χ0v) is 12.7. The molecule has 0 saturated carbocycles. The molecule has 2 heterocycles. The van der Waals surface area contributed by atoms with Gasteiger partial charge in [-0.25, -0.2) is 4.98 Å². The summed E-state index contributed by atoms with van der Waals surface area (Å²) in [5.74, 6) is -0.442. The minimum Gasteiger partial charge on any atom is -0.389 e. The molecule has 0 saturated heterocycles. The molecule has 20 heavy (non-hydrogen) atoms. The molecule has 2 aromatic rings. The summed E-state index contributed by atoms with van der Waals surface area (Å²) in [7, 11) is 1.55. The van der Waals surface area contributed by atoms with Crippen molar-refractivity contribution in [2.75, 3.05) is 13.6 Å². The first-order valence-corrected chi connectivity index (χ1v) is 6.96. The molecule has 0 spiro atoms. The molecule has 0 atom stereocenters. The van der Waals surface area contributed by atoms with Gasteiger partial charge >= 0.3 is 0 Å². The first kappa shape index (κ1) is 14.7. The molecule has 6 nitrogen and oxygen atoms in total. The number of likely N-dealkylation sites (N-methyl/N-ethyl adjacent to an activating group) is 1. The summed E-state index contributed by atoms with van der Waals surface area (Å²) in [6.45, 7) is 5.22. The van der Waals surface area contributed by atoms with Crippen LogP contribution in [0.15, 0.2) is 17.2 Å². The third kappa shape index (κ3) is 2.88. The number of carbonyl (C=O) groups excluding carboxylic acids is 1. The summed E-state index contributed by atoms with van der Waals surface area (Å²) < 4.78 is 1.38. The fourth-order valence-electron chi connectivity index (χ4n) is 2.00. The third-order valence-corrected chi connectivity index (χ3v) is 3.64. The second kappa shape index (κ2) is 4.99. The fourth-order valence-corrected chi connectivity index (χ4v) is 2.79. The van der Waals surface area contributed by atoms with Crippen LogP contribution in [0.25, 0.3) is 4.96 Å². The van der Waals surface area contributed by atoms with E-state index in [-0.39, 0.29) is 17.7 Å². The number of thiazole rings is 1. The first-order chi connectivity index (χ1) is 9.19. The molecule has 0 radical (unpaired) electrons. The van der Waals surface area contributed by atoms with Crippen LogP contribution in [0.5, 0.6) is 0 Å². The van der Waals surface area contributed by atoms with Crippen molar-refractivity contribution < 1.29 is 9.90 Å². The molecular formula is C13H17N3O3S. The second-order valence-electron chi connectivity index (χ2n) is 5.45. The fraction of sp³-hybridized carbons (Fsp3) is 0.462. The summed E-state index contributed by atoms with van der Waals surface area (Å²) >= 11 is 1.39. The van der Waals surface area contributed by atoms with Gasteiger partial charge < -0.3 is 10.0 Å². The van der Waals surface area contributed by atoms with Crippen molar-refractivity contribution in [1.29, 1.82) is 0 Å². The molecule has 2 rings (SSSR count). The third-order valence-electron chi connectivity index (χ3n) is 2.72. The highest BCUT2D eigenvalue weighted by Crippen LogP contribution is 2.13. The standard InChI is InChI=1S/C13H17N3O3S/c1-8-6-16-11(18)9(5-14-12(16)20-8)10(17)15(4)7-13(2,3)19/h5-6,19H,7H2,1-4H3. The number of carbonyl (C=O) groups is 1. The van der Waals surface area contributed by atoms with Gasteiger partial charge in [-0.3, -0.25) is 14.0 Å². The molecule has 7 heteroatoms. The Morgan fingerprint density at radius 2 is 2.20 bits per heavy atom. The molecule has 0 aromatic carbocycles. The Labute approximate surface area is 120 Å². The molecule has 1 amide bonds. The lowest BCUT2D eigenvalue weighted by molar-refractivity contribution is 0.0366. The highest BCUT2D eigenvalue weighted by molar-refractivity contribution is 7.16. The van der Waals surface area contributed by atoms with E-state index in [1.807, 2.05) is 6.92 Å². The number of hydrogen-bond donors (Lipinski definition) is 1. The molecule has 1 N–H and O–H groups in total. The van der Waals surface area contributed by atoms with Crippen LogP contribution in [-0.2, 0) is 0 Å². The molecule has 0 bridgehead atoms. The first-order valence-electron chi connectivity index (χ1n) is 6.15. The second-order valence-corrected chi connectivity index (χ2v) is 6.66. The highest BCUT2D eigenvalue weighted by Gasteiger charge is 2.23. The zero-order valence-electron chi connectivity index (χ0n) is 11.9. The van der Waals surface area contributed by atoms with Crippen molar-refractivity contribution in [3.8, 4) is 0 Å². The Hall–Kier alpha value is -1.73. The van der Waals surface area contributed by atoms with Gasteiger partial charge in [0.1, 0.15) is 5.56 Å². The van der Waals surface area contributed by atoms with Gasteiger partial charge in [0.2, 0.25) is 0 Å². The maximum absolute atomic E-state index is 12.3. The van der Waals surface area contributed by atoms with Crippen LogP contribution in [0.2, 0.25) is 0 Å². The molecule has 0 unspecified atom stereocenters. The van der Waals surface area contributed by atoms with Crippen LogP contribution in [0.1, 0.15) is 29.1 Å². The molecule has 0 aliphatic carbocycles. The van der Waals surface area contributed by atoms with Crippen LogP contribution in [0.3, 0.4) is 0 Å². The summed E-state index contributed by atoms with van der Waals surface area (Å²) in [5.41, 5.74) is -1.39. The van der Waals surface area contributed by atoms with Crippen LogP contribution in [0, 0.1) is 6.92 Å². The predicted octanol–water partition coefficient (Wildman–Crippen LogP) is 0.907. The number of nitrogens with zero attached hydrogens (tertiary/aromatic N) is 3. The van der Waals surface area contributed by atoms with Crippen molar-refractivity contribution in [3.05, 3.63) is 33.2 Å². The topological polar surface area (TPSA) is 74.9 Å². The van der Waals surface area contributed by atoms with E-state index >= 15 is 0 Å². The smallest absolute Gasteiger partial charge is 0.271 e. The summed E-state index contributed by atoms with van der Waals surface area (Å²) in [6, 6.07) is 0. The lowest BCUT2D eigenvalue weighted by atomic mass is 10.1. The Balaban J connectivity index is 2.40. The van der Waals surface area contributed by atoms with E-state index in [4.69, 9.17) is 0 Å². The van der Waals surface area contributed by atoms with Gasteiger partial charge in [0.15, 0.2) is 4.96 Å². The highest BCUT2D eigenvalue weighted by atomic mass is 32.1. The number of aromatic nitrogens is 2. The van der Waals surface area contributed by atoms with Crippen LogP contribution in [0.4, 0.5) is 0 Å². The quantitative estimate of drug-likeness (QED) is 0.913. The summed E-state index contributed by atoms with van der Waals surface area (Å²) in [6.07, 6.45) is 2.97. The number of rotatable bonds is 3. The van der Waals surface area contributed by atoms with E-state index in [9.17, 15) is 14.7 Å². The Morgan fingerprint density at radius 1 is 1.55 bits per heavy atom. The maximum Gasteiger partial charge on any atom is 0.271 e. The summed E-state index contributed by atoms with van der Waals surface area (Å²) in [4.78, 5) is 31.5. The van der Waals surface area contributed by atoms with Crippen molar-refractivity contribution in [3.63, 3.8) is 0 Å². The van der Waals surface area contributed by atoms with Gasteiger partial charge in [-0.2, -0.15) is 0 Å². The number of aryl methyl sites for hydroxylation is 1. The van der Waals surface area contributed by atoms with E-state index in [1.54, 1.807) is 27.1 Å². The molecule has 108 valence electrons. The number of amides is 1. The largest absolute Gasteiger partial charge is 0.389 e. The molecule has 0 fully saturated rings. The van der Waals surface area contributed by atoms with Crippen molar-refractivity contribution >= 4 is 22.2 Å². The van der Waals surface area contributed by atoms with Gasteiger partial charge in [0, 0.05) is 30.9 Å². The summed E-state index contributed by atoms with van der Waals surface area (Å²) in [5, 5.41) is 9.74. The Bertz CT molecular complexity index is 712. The lowest BCUT2D eigenvalue weighted by Gasteiger charge is -2.25. The lowest BCUT2D eigenvalue weighted by Crippen LogP contribution is -2.41. The average molecular weight is 295 g/mol. The van der Waals surface area contributed by atoms with Gasteiger partial charge in [-0.05, 0) is 20.8 Å². The van der Waals surface area contributed by atoms with Crippen molar-refractivity contribution in [2.45, 2.75) is 26.4 Å². The van der Waals surface area contributed by atoms with Crippen molar-refractivity contribution in [1.82, 2.24) is 14.3 Å². The molecule has 0 aliphatic rings. The number of aliphatic hydroxyl groups is 1. The van der Waals surface area contributed by atoms with E-state index in [0.717, 1.165) is 4.88 Å². The Kier molecular flexibility index (Phi) is 3.66. The van der Waals surface area contributed by atoms with Gasteiger partial charge in [-0.1, -0.05) is 0 Å². The van der Waals surface area contributed by atoms with Gasteiger partial charge in [-0.15, -0.1) is 11.3 Å². The maximum atomic E-state index is 12.3. The van der Waals surface area contributed by atoms with Crippen LogP contribution in [-0.4, -0.2) is 44.5 Å². The van der Waals surface area contributed by atoms with Gasteiger partial charge in [0.05, 0.1) is 5.60 Å². The minimum absolute atomic E-state index is 0.00653. The van der Waals surface area contributed by atoms with E-state index in [2.05, 4.69) is 4.98 Å². The average Bonchev–Trinajstić information content (AvgIpc) is 2.68. The normalized spacial score (nSPS) is 11.8. The van der Waals surface area contributed by atoms with Crippen LogP contribution >= 0.6 is 11.3 Å².